The molecule has 8 heteroatoms. The van der Waals surface area contributed by atoms with Crippen molar-refractivity contribution < 1.29 is 4.92 Å². The number of nitrogens with one attached hydrogen (secondary N) is 2. The van der Waals surface area contributed by atoms with Crippen LogP contribution in [-0.2, 0) is 0 Å². The Hall–Kier alpha value is -2.93. The molecule has 0 saturated heterocycles. The van der Waals surface area contributed by atoms with E-state index in [-0.39, 0.29) is 5.69 Å². The lowest BCUT2D eigenvalue weighted by atomic mass is 10.2. The van der Waals surface area contributed by atoms with Crippen LogP contribution in [0.1, 0.15) is 11.3 Å². The van der Waals surface area contributed by atoms with E-state index >= 15 is 0 Å². The molecule has 0 bridgehead atoms. The fraction of sp³-hybridized carbons (Fsp3) is 0. The van der Waals surface area contributed by atoms with Crippen LogP contribution in [-0.4, -0.2) is 14.9 Å². The van der Waals surface area contributed by atoms with Crippen molar-refractivity contribution in [1.82, 2.24) is 9.97 Å². The van der Waals surface area contributed by atoms with Gasteiger partial charge in [-0.1, -0.05) is 48.0 Å². The molecule has 1 aromatic heterocycles. The first-order chi connectivity index (χ1) is 10.5. The fourth-order valence-corrected chi connectivity index (χ4v) is 1.92. The molecule has 0 fully saturated rings. The molecule has 0 unspecified atom stereocenters. The normalized spacial score (nSPS) is 11.3. The molecule has 22 heavy (non-hydrogen) atoms. The molecule has 0 aliphatic rings. The minimum atomic E-state index is -1.05. The highest BCUT2D eigenvalue weighted by Crippen LogP contribution is 2.16. The summed E-state index contributed by atoms with van der Waals surface area (Å²) < 4.78 is 0. The molecule has 1 heterocycles. The van der Waals surface area contributed by atoms with E-state index in [9.17, 15) is 19.7 Å². The molecule has 0 saturated carbocycles. The Bertz CT molecular complexity index is 880. The predicted molar refractivity (Wildman–Crippen MR) is 83.9 cm³/mol. The van der Waals surface area contributed by atoms with E-state index in [1.807, 2.05) is 6.07 Å². The quantitative estimate of drug-likeness (QED) is 0.512. The summed E-state index contributed by atoms with van der Waals surface area (Å²) in [5.41, 5.74) is -2.00. The number of halogens is 1. The van der Waals surface area contributed by atoms with Crippen molar-refractivity contribution in [2.75, 3.05) is 0 Å². The summed E-state index contributed by atoms with van der Waals surface area (Å²) in [7, 11) is 0. The maximum atomic E-state index is 11.4. The molecule has 0 radical (unpaired) electrons. The number of rotatable bonds is 4. The zero-order valence-corrected chi connectivity index (χ0v) is 11.8. The highest BCUT2D eigenvalue weighted by molar-refractivity contribution is 6.32. The largest absolute Gasteiger partial charge is 0.357 e. The molecule has 2 aromatic rings. The van der Waals surface area contributed by atoms with Gasteiger partial charge >= 0.3 is 16.9 Å². The second-order valence-corrected chi connectivity index (χ2v) is 4.57. The molecular formula is C14H10ClN3O4. The van der Waals surface area contributed by atoms with Crippen molar-refractivity contribution in [1.29, 1.82) is 0 Å². The van der Waals surface area contributed by atoms with Gasteiger partial charge in [0, 0.05) is 5.02 Å². The van der Waals surface area contributed by atoms with Gasteiger partial charge in [-0.3, -0.25) is 19.9 Å². The van der Waals surface area contributed by atoms with E-state index < -0.39 is 21.9 Å². The third-order valence-corrected chi connectivity index (χ3v) is 3.03. The van der Waals surface area contributed by atoms with Gasteiger partial charge in [0.2, 0.25) is 0 Å². The van der Waals surface area contributed by atoms with Crippen molar-refractivity contribution in [3.05, 3.63) is 83.6 Å². The van der Waals surface area contributed by atoms with E-state index in [4.69, 9.17) is 11.6 Å². The second-order valence-electron chi connectivity index (χ2n) is 4.17. The van der Waals surface area contributed by atoms with E-state index in [1.54, 1.807) is 35.3 Å². The summed E-state index contributed by atoms with van der Waals surface area (Å²) in [6, 6.07) is 7.13. The van der Waals surface area contributed by atoms with Crippen LogP contribution in [0.2, 0.25) is 5.02 Å². The number of aromatic amines is 2. The van der Waals surface area contributed by atoms with Crippen LogP contribution in [0.5, 0.6) is 0 Å². The van der Waals surface area contributed by atoms with Gasteiger partial charge in [0.25, 0.3) is 0 Å². The lowest BCUT2D eigenvalue weighted by Crippen LogP contribution is -2.25. The third-order valence-electron chi connectivity index (χ3n) is 2.68. The topological polar surface area (TPSA) is 109 Å². The van der Waals surface area contributed by atoms with Crippen molar-refractivity contribution in [2.24, 2.45) is 0 Å². The average Bonchev–Trinajstić information content (AvgIpc) is 2.44. The number of H-pyrrole nitrogens is 2. The monoisotopic (exact) mass is 319 g/mol. The van der Waals surface area contributed by atoms with Crippen LogP contribution in [0.15, 0.2) is 46.0 Å². The highest BCUT2D eigenvalue weighted by atomic mass is 35.5. The Morgan fingerprint density at radius 1 is 1.09 bits per heavy atom. The third kappa shape index (κ3) is 3.58. The standard InChI is InChI=1S/C14H10ClN3O4/c15-10-7-3-1-5-9(10)6-2-4-8-11-12(18(21)22)13(19)17-14(20)16-11/h1-8H,(H2,16,17,19,20)/b6-2+,8-4+. The molecule has 0 amide bonds. The first kappa shape index (κ1) is 15.5. The van der Waals surface area contributed by atoms with Crippen molar-refractivity contribution >= 4 is 29.4 Å². The molecule has 0 aliphatic heterocycles. The lowest BCUT2D eigenvalue weighted by Gasteiger charge is -1.96. The summed E-state index contributed by atoms with van der Waals surface area (Å²) in [6.07, 6.45) is 6.00. The Labute approximate surface area is 128 Å². The van der Waals surface area contributed by atoms with Gasteiger partial charge in [0.1, 0.15) is 5.69 Å². The summed E-state index contributed by atoms with van der Waals surface area (Å²) in [6.45, 7) is 0. The van der Waals surface area contributed by atoms with Crippen molar-refractivity contribution in [3.8, 4) is 0 Å². The van der Waals surface area contributed by atoms with Crippen molar-refractivity contribution in [2.45, 2.75) is 0 Å². The van der Waals surface area contributed by atoms with Gasteiger partial charge in [-0.25, -0.2) is 4.79 Å². The van der Waals surface area contributed by atoms with Gasteiger partial charge in [-0.2, -0.15) is 0 Å². The minimum absolute atomic E-state index is 0.178. The van der Waals surface area contributed by atoms with Crippen molar-refractivity contribution in [3.63, 3.8) is 0 Å². The zero-order chi connectivity index (χ0) is 16.1. The first-order valence-electron chi connectivity index (χ1n) is 6.09. The average molecular weight is 320 g/mol. The Morgan fingerprint density at radius 2 is 1.77 bits per heavy atom. The smallest absolute Gasteiger partial charge is 0.301 e. The summed E-state index contributed by atoms with van der Waals surface area (Å²) in [5, 5.41) is 11.4. The molecule has 112 valence electrons. The van der Waals surface area contributed by atoms with Crippen LogP contribution in [0.3, 0.4) is 0 Å². The highest BCUT2D eigenvalue weighted by Gasteiger charge is 2.18. The summed E-state index contributed by atoms with van der Waals surface area (Å²) in [4.78, 5) is 36.6. The molecule has 7 nitrogen and oxygen atoms in total. The van der Waals surface area contributed by atoms with E-state index in [0.29, 0.717) is 5.02 Å². The number of nitrogens with zero attached hydrogens (tertiary/aromatic N) is 1. The molecule has 0 atom stereocenters. The Balaban J connectivity index is 2.31. The number of nitro groups is 1. The van der Waals surface area contributed by atoms with Crippen LogP contribution in [0.4, 0.5) is 5.69 Å². The van der Waals surface area contributed by atoms with E-state index in [0.717, 1.165) is 5.56 Å². The summed E-state index contributed by atoms with van der Waals surface area (Å²) in [5.74, 6) is 0. The maximum Gasteiger partial charge on any atom is 0.357 e. The van der Waals surface area contributed by atoms with Gasteiger partial charge in [0.05, 0.1) is 4.92 Å². The number of benzene rings is 1. The van der Waals surface area contributed by atoms with Gasteiger partial charge in [-0.05, 0) is 17.7 Å². The molecule has 1 aromatic carbocycles. The molecule has 2 rings (SSSR count). The van der Waals surface area contributed by atoms with Crippen LogP contribution in [0.25, 0.3) is 12.2 Å². The van der Waals surface area contributed by atoms with Crippen LogP contribution < -0.4 is 11.2 Å². The zero-order valence-electron chi connectivity index (χ0n) is 11.1. The maximum absolute atomic E-state index is 11.4. The number of aromatic nitrogens is 2. The van der Waals surface area contributed by atoms with Crippen LogP contribution in [0, 0.1) is 10.1 Å². The molecule has 2 N–H and O–H groups in total. The van der Waals surface area contributed by atoms with Gasteiger partial charge < -0.3 is 4.98 Å². The lowest BCUT2D eigenvalue weighted by molar-refractivity contribution is -0.386. The first-order valence-corrected chi connectivity index (χ1v) is 6.47. The van der Waals surface area contributed by atoms with Gasteiger partial charge in [0.15, 0.2) is 0 Å². The number of hydrogen-bond acceptors (Lipinski definition) is 4. The summed E-state index contributed by atoms with van der Waals surface area (Å²) >= 11 is 5.97. The minimum Gasteiger partial charge on any atom is -0.301 e. The van der Waals surface area contributed by atoms with Crippen LogP contribution >= 0.6 is 11.6 Å². The molecule has 0 spiro atoms. The SMILES string of the molecule is O=c1[nH]c(/C=C/C=C/c2ccccc2Cl)c([N+](=O)[O-])c(=O)[nH]1. The number of allylic oxidation sites excluding steroid dienone is 2. The fourth-order valence-electron chi connectivity index (χ4n) is 1.72. The second kappa shape index (κ2) is 6.68. The number of hydrogen-bond donors (Lipinski definition) is 2. The predicted octanol–water partition coefficient (Wildman–Crippen LogP) is 2.35. The van der Waals surface area contributed by atoms with E-state index in [1.165, 1.54) is 12.2 Å². The van der Waals surface area contributed by atoms with E-state index in [2.05, 4.69) is 4.98 Å². The van der Waals surface area contributed by atoms with Gasteiger partial charge in [-0.15, -0.1) is 0 Å². The molecular weight excluding hydrogens is 310 g/mol. The molecule has 0 aliphatic carbocycles. The Kier molecular flexibility index (Phi) is 4.70. The Morgan fingerprint density at radius 3 is 2.45 bits per heavy atom.